The molecule has 0 unspecified atom stereocenters. The molecule has 0 bridgehead atoms. The van der Waals surface area contributed by atoms with Crippen molar-refractivity contribution in [2.45, 2.75) is 0 Å². The lowest BCUT2D eigenvalue weighted by atomic mass is 9.93. The molecule has 0 saturated heterocycles. The summed E-state index contributed by atoms with van der Waals surface area (Å²) in [5.41, 5.74) is 14.4. The summed E-state index contributed by atoms with van der Waals surface area (Å²) in [7, 11) is 0. The van der Waals surface area contributed by atoms with E-state index in [9.17, 15) is 0 Å². The highest BCUT2D eigenvalue weighted by molar-refractivity contribution is 6.17. The number of hydrogen-bond donors (Lipinski definition) is 0. The van der Waals surface area contributed by atoms with Crippen molar-refractivity contribution in [3.63, 3.8) is 0 Å². The summed E-state index contributed by atoms with van der Waals surface area (Å²) in [4.78, 5) is 2.41. The third kappa shape index (κ3) is 6.42. The average molecular weight is 840 g/mol. The minimum Gasteiger partial charge on any atom is -0.456 e. The van der Waals surface area contributed by atoms with Gasteiger partial charge in [-0.2, -0.15) is 0 Å². The Morgan fingerprint density at radius 1 is 0.258 bits per heavy atom. The van der Waals surface area contributed by atoms with E-state index in [0.29, 0.717) is 0 Å². The van der Waals surface area contributed by atoms with E-state index in [4.69, 9.17) is 4.42 Å². The standard InChI is InChI=1S/C64H41NO/c1-2-14-45-38-50(28-27-42(45)13-1)47-19-11-18-46(37-47)43-29-33-52(34-30-43)65(53-35-31-44(32-36-53)59-40-51-17-5-6-20-54(51)55-21-7-8-22-56(55)59)61-25-10-9-23-57(61)58-24-12-26-62-64(58)60-39-48-15-3-4-16-49(48)41-63(60)66-62/h1-41H. The molecule has 66 heavy (non-hydrogen) atoms. The Kier molecular flexibility index (Phi) is 8.89. The molecule has 0 spiro atoms. The Labute approximate surface area is 382 Å². The third-order valence-corrected chi connectivity index (χ3v) is 13.4. The van der Waals surface area contributed by atoms with Crippen LogP contribution in [0.4, 0.5) is 17.1 Å². The molecule has 1 aromatic heterocycles. The van der Waals surface area contributed by atoms with Gasteiger partial charge < -0.3 is 9.32 Å². The van der Waals surface area contributed by atoms with E-state index < -0.39 is 0 Å². The second-order valence-electron chi connectivity index (χ2n) is 17.3. The largest absolute Gasteiger partial charge is 0.456 e. The Morgan fingerprint density at radius 3 is 1.58 bits per heavy atom. The van der Waals surface area contributed by atoms with Gasteiger partial charge in [-0.15, -0.1) is 0 Å². The molecule has 0 amide bonds. The van der Waals surface area contributed by atoms with Gasteiger partial charge in [-0.05, 0) is 149 Å². The Balaban J connectivity index is 0.955. The molecule has 0 aliphatic carbocycles. The van der Waals surface area contributed by atoms with E-state index in [1.165, 1.54) is 70.9 Å². The summed E-state index contributed by atoms with van der Waals surface area (Å²) in [5.74, 6) is 0. The van der Waals surface area contributed by atoms with Gasteiger partial charge in [-0.3, -0.25) is 0 Å². The number of furan rings is 1. The summed E-state index contributed by atoms with van der Waals surface area (Å²) >= 11 is 0. The first-order chi connectivity index (χ1) is 32.7. The quantitative estimate of drug-likeness (QED) is 0.149. The van der Waals surface area contributed by atoms with Gasteiger partial charge in [0.2, 0.25) is 0 Å². The lowest BCUT2D eigenvalue weighted by Crippen LogP contribution is -2.11. The lowest BCUT2D eigenvalue weighted by molar-refractivity contribution is 0.669. The zero-order valence-electron chi connectivity index (χ0n) is 36.0. The molecular formula is C64H41NO. The van der Waals surface area contributed by atoms with Crippen LogP contribution in [0.5, 0.6) is 0 Å². The van der Waals surface area contributed by atoms with Gasteiger partial charge >= 0.3 is 0 Å². The number of fused-ring (bicyclic) bond motifs is 8. The van der Waals surface area contributed by atoms with Crippen molar-refractivity contribution in [3.05, 3.63) is 249 Å². The topological polar surface area (TPSA) is 16.4 Å². The first-order valence-electron chi connectivity index (χ1n) is 22.6. The Bertz CT molecular complexity index is 3990. The van der Waals surface area contributed by atoms with Gasteiger partial charge in [0, 0.05) is 27.7 Å². The van der Waals surface area contributed by atoms with Crippen molar-refractivity contribution in [2.24, 2.45) is 0 Å². The molecule has 0 radical (unpaired) electrons. The summed E-state index contributed by atoms with van der Waals surface area (Å²) < 4.78 is 6.60. The molecule has 0 aliphatic heterocycles. The maximum Gasteiger partial charge on any atom is 0.136 e. The molecule has 13 aromatic rings. The molecule has 12 aromatic carbocycles. The van der Waals surface area contributed by atoms with Crippen molar-refractivity contribution >= 4 is 82.1 Å². The summed E-state index contributed by atoms with van der Waals surface area (Å²) in [5, 5.41) is 12.1. The zero-order valence-corrected chi connectivity index (χ0v) is 36.0. The van der Waals surface area contributed by atoms with Gasteiger partial charge in [0.15, 0.2) is 0 Å². The van der Waals surface area contributed by atoms with Gasteiger partial charge in [0.05, 0.1) is 5.69 Å². The van der Waals surface area contributed by atoms with Gasteiger partial charge in [0.25, 0.3) is 0 Å². The van der Waals surface area contributed by atoms with Gasteiger partial charge in [0.1, 0.15) is 11.2 Å². The van der Waals surface area contributed by atoms with Crippen molar-refractivity contribution in [1.29, 1.82) is 0 Å². The molecule has 13 rings (SSSR count). The minimum atomic E-state index is 0.876. The van der Waals surface area contributed by atoms with Crippen LogP contribution in [0.3, 0.4) is 0 Å². The second-order valence-corrected chi connectivity index (χ2v) is 17.3. The fraction of sp³-hybridized carbons (Fsp3) is 0. The smallest absolute Gasteiger partial charge is 0.136 e. The Hall–Kier alpha value is -8.72. The molecule has 308 valence electrons. The van der Waals surface area contributed by atoms with E-state index in [1.54, 1.807) is 0 Å². The number of anilines is 3. The summed E-state index contributed by atoms with van der Waals surface area (Å²) in [6, 6.07) is 90.3. The highest BCUT2D eigenvalue weighted by Gasteiger charge is 2.21. The third-order valence-electron chi connectivity index (χ3n) is 13.4. The molecule has 0 N–H and O–H groups in total. The van der Waals surface area contributed by atoms with Crippen LogP contribution < -0.4 is 4.90 Å². The highest BCUT2D eigenvalue weighted by atomic mass is 16.3. The number of para-hydroxylation sites is 1. The monoisotopic (exact) mass is 839 g/mol. The number of benzene rings is 12. The zero-order chi connectivity index (χ0) is 43.6. The molecule has 1 heterocycles. The van der Waals surface area contributed by atoms with E-state index in [0.717, 1.165) is 55.7 Å². The van der Waals surface area contributed by atoms with Gasteiger partial charge in [-0.25, -0.2) is 0 Å². The van der Waals surface area contributed by atoms with E-state index in [2.05, 4.69) is 254 Å². The van der Waals surface area contributed by atoms with E-state index in [-0.39, 0.29) is 0 Å². The number of hydrogen-bond acceptors (Lipinski definition) is 2. The number of nitrogens with zero attached hydrogens (tertiary/aromatic N) is 1. The predicted octanol–water partition coefficient (Wildman–Crippen LogP) is 18.3. The first kappa shape index (κ1) is 37.8. The summed E-state index contributed by atoms with van der Waals surface area (Å²) in [6.45, 7) is 0. The molecule has 2 nitrogen and oxygen atoms in total. The average Bonchev–Trinajstić information content (AvgIpc) is 3.76. The van der Waals surface area contributed by atoms with Crippen LogP contribution in [0, 0.1) is 0 Å². The summed E-state index contributed by atoms with van der Waals surface area (Å²) in [6.07, 6.45) is 0. The molecule has 2 heteroatoms. The van der Waals surface area contributed by atoms with Crippen LogP contribution in [0.1, 0.15) is 0 Å². The van der Waals surface area contributed by atoms with Crippen LogP contribution >= 0.6 is 0 Å². The normalized spacial score (nSPS) is 11.6. The van der Waals surface area contributed by atoms with Crippen LogP contribution in [-0.2, 0) is 0 Å². The van der Waals surface area contributed by atoms with Crippen molar-refractivity contribution in [1.82, 2.24) is 0 Å². The highest BCUT2D eigenvalue weighted by Crippen LogP contribution is 2.46. The molecular weight excluding hydrogens is 799 g/mol. The van der Waals surface area contributed by atoms with Crippen LogP contribution in [0.15, 0.2) is 253 Å². The fourth-order valence-electron chi connectivity index (χ4n) is 10.2. The second kappa shape index (κ2) is 15.5. The van der Waals surface area contributed by atoms with Crippen molar-refractivity contribution in [2.75, 3.05) is 4.90 Å². The Morgan fingerprint density at radius 2 is 0.803 bits per heavy atom. The molecule has 0 saturated carbocycles. The van der Waals surface area contributed by atoms with Crippen molar-refractivity contribution in [3.8, 4) is 44.5 Å². The number of rotatable bonds is 7. The minimum absolute atomic E-state index is 0.876. The molecule has 0 aliphatic rings. The van der Waals surface area contributed by atoms with E-state index >= 15 is 0 Å². The predicted molar refractivity (Wildman–Crippen MR) is 280 cm³/mol. The van der Waals surface area contributed by atoms with Gasteiger partial charge in [-0.1, -0.05) is 182 Å². The maximum absolute atomic E-state index is 6.60. The van der Waals surface area contributed by atoms with Crippen LogP contribution in [-0.4, -0.2) is 0 Å². The first-order valence-corrected chi connectivity index (χ1v) is 22.6. The SMILES string of the molecule is c1cc(-c2ccc(N(c3ccc(-c4cc5ccccc5c5ccccc45)cc3)c3ccccc3-c3cccc4oc5cc6ccccc6cc5c34)cc2)cc(-c2ccc3ccccc3c2)c1. The molecule has 0 atom stereocenters. The van der Waals surface area contributed by atoms with E-state index in [1.807, 2.05) is 0 Å². The maximum atomic E-state index is 6.60. The van der Waals surface area contributed by atoms with Crippen LogP contribution in [0.25, 0.3) is 110 Å². The lowest BCUT2D eigenvalue weighted by Gasteiger charge is -2.28. The van der Waals surface area contributed by atoms with Crippen molar-refractivity contribution < 1.29 is 4.42 Å². The molecule has 0 fully saturated rings. The fourth-order valence-corrected chi connectivity index (χ4v) is 10.2. The van der Waals surface area contributed by atoms with Crippen LogP contribution in [0.2, 0.25) is 0 Å².